The zero-order valence-corrected chi connectivity index (χ0v) is 13.1. The van der Waals surface area contributed by atoms with Crippen LogP contribution in [0, 0.1) is 0 Å². The van der Waals surface area contributed by atoms with Crippen LogP contribution in [0.25, 0.3) is 0 Å². The zero-order chi connectivity index (χ0) is 13.9. The van der Waals surface area contributed by atoms with E-state index in [1.807, 2.05) is 6.07 Å². The summed E-state index contributed by atoms with van der Waals surface area (Å²) in [5.41, 5.74) is 1.17. The minimum Gasteiger partial charge on any atom is -0.454 e. The molecule has 1 saturated heterocycles. The lowest BCUT2D eigenvalue weighted by Gasteiger charge is -2.30. The fourth-order valence-corrected chi connectivity index (χ4v) is 3.09. The van der Waals surface area contributed by atoms with Crippen molar-refractivity contribution in [3.63, 3.8) is 0 Å². The summed E-state index contributed by atoms with van der Waals surface area (Å²) in [5.74, 6) is 1.61. The summed E-state index contributed by atoms with van der Waals surface area (Å²) in [6.07, 6.45) is 0.270. The summed E-state index contributed by atoms with van der Waals surface area (Å²) in [6, 6.07) is 4.09. The van der Waals surface area contributed by atoms with E-state index in [-0.39, 0.29) is 6.10 Å². The molecule has 0 aliphatic carbocycles. The molecule has 110 valence electrons. The van der Waals surface area contributed by atoms with E-state index in [2.05, 4.69) is 39.3 Å². The van der Waals surface area contributed by atoms with Crippen molar-refractivity contribution in [2.45, 2.75) is 12.6 Å². The molecule has 6 heteroatoms. The number of benzene rings is 1. The van der Waals surface area contributed by atoms with Gasteiger partial charge in [-0.15, -0.1) is 0 Å². The summed E-state index contributed by atoms with van der Waals surface area (Å²) in [6.45, 7) is 4.77. The van der Waals surface area contributed by atoms with Gasteiger partial charge in [0.05, 0.1) is 17.2 Å². The number of fused-ring (bicyclic) bond motifs is 1. The molecule has 5 nitrogen and oxygen atoms in total. The Morgan fingerprint density at radius 2 is 2.30 bits per heavy atom. The third-order valence-electron chi connectivity index (χ3n) is 3.53. The van der Waals surface area contributed by atoms with Gasteiger partial charge in [-0.1, -0.05) is 0 Å². The molecule has 1 aromatic rings. The average molecular weight is 343 g/mol. The van der Waals surface area contributed by atoms with Crippen molar-refractivity contribution in [2.24, 2.45) is 0 Å². The number of likely N-dealkylation sites (N-methyl/N-ethyl adjacent to an activating group) is 1. The SMILES string of the molecule is CN1CCOC(CNCc2cc(Br)c3c(c2)OCO3)C1. The second-order valence-electron chi connectivity index (χ2n) is 5.20. The van der Waals surface area contributed by atoms with E-state index in [0.717, 1.165) is 48.8 Å². The van der Waals surface area contributed by atoms with E-state index in [1.54, 1.807) is 0 Å². The van der Waals surface area contributed by atoms with Gasteiger partial charge in [-0.2, -0.15) is 0 Å². The monoisotopic (exact) mass is 342 g/mol. The van der Waals surface area contributed by atoms with Crippen molar-refractivity contribution in [3.8, 4) is 11.5 Å². The second-order valence-corrected chi connectivity index (χ2v) is 6.05. The summed E-state index contributed by atoms with van der Waals surface area (Å²) >= 11 is 3.51. The summed E-state index contributed by atoms with van der Waals surface area (Å²) in [4.78, 5) is 2.30. The molecule has 1 atom stereocenters. The molecule has 2 aliphatic heterocycles. The molecule has 1 unspecified atom stereocenters. The maximum Gasteiger partial charge on any atom is 0.231 e. The third kappa shape index (κ3) is 3.25. The highest BCUT2D eigenvalue weighted by atomic mass is 79.9. The van der Waals surface area contributed by atoms with Crippen molar-refractivity contribution >= 4 is 15.9 Å². The Labute approximate surface area is 127 Å². The van der Waals surface area contributed by atoms with Crippen LogP contribution in [0.15, 0.2) is 16.6 Å². The van der Waals surface area contributed by atoms with Gasteiger partial charge < -0.3 is 24.4 Å². The fourth-order valence-electron chi connectivity index (χ4n) is 2.49. The van der Waals surface area contributed by atoms with Crippen LogP contribution in [-0.2, 0) is 11.3 Å². The van der Waals surface area contributed by atoms with Gasteiger partial charge in [-0.25, -0.2) is 0 Å². The molecule has 0 amide bonds. The molecule has 1 aromatic carbocycles. The molecule has 2 heterocycles. The van der Waals surface area contributed by atoms with E-state index in [9.17, 15) is 0 Å². The Balaban J connectivity index is 1.52. The van der Waals surface area contributed by atoms with Gasteiger partial charge in [0, 0.05) is 26.2 Å². The van der Waals surface area contributed by atoms with Gasteiger partial charge >= 0.3 is 0 Å². The van der Waals surface area contributed by atoms with E-state index in [1.165, 1.54) is 5.56 Å². The summed E-state index contributed by atoms with van der Waals surface area (Å²) in [7, 11) is 2.13. The molecule has 0 saturated carbocycles. The lowest BCUT2D eigenvalue weighted by Crippen LogP contribution is -2.44. The van der Waals surface area contributed by atoms with Gasteiger partial charge in [0.15, 0.2) is 11.5 Å². The normalized spacial score (nSPS) is 22.2. The van der Waals surface area contributed by atoms with Crippen LogP contribution in [0.5, 0.6) is 11.5 Å². The van der Waals surface area contributed by atoms with Gasteiger partial charge in [0.1, 0.15) is 0 Å². The zero-order valence-electron chi connectivity index (χ0n) is 11.5. The van der Waals surface area contributed by atoms with Crippen molar-refractivity contribution < 1.29 is 14.2 Å². The maximum absolute atomic E-state index is 5.73. The highest BCUT2D eigenvalue weighted by Gasteiger charge is 2.19. The topological polar surface area (TPSA) is 43.0 Å². The van der Waals surface area contributed by atoms with Crippen molar-refractivity contribution in [3.05, 3.63) is 22.2 Å². The van der Waals surface area contributed by atoms with E-state index in [4.69, 9.17) is 14.2 Å². The van der Waals surface area contributed by atoms with E-state index >= 15 is 0 Å². The number of halogens is 1. The molecule has 20 heavy (non-hydrogen) atoms. The Hall–Kier alpha value is -0.820. The van der Waals surface area contributed by atoms with Crippen LogP contribution in [0.1, 0.15) is 5.56 Å². The Kier molecular flexibility index (Phi) is 4.45. The molecule has 0 bridgehead atoms. The molecular formula is C14H19BrN2O3. The lowest BCUT2D eigenvalue weighted by molar-refractivity contribution is -0.0182. The predicted molar refractivity (Wildman–Crippen MR) is 79.2 cm³/mol. The number of morpholine rings is 1. The standard InChI is InChI=1S/C14H19BrN2O3/c1-17-2-3-18-11(8-17)7-16-6-10-4-12(15)14-13(5-10)19-9-20-14/h4-5,11,16H,2-3,6-9H2,1H3. The minimum absolute atomic E-state index is 0.270. The second kappa shape index (κ2) is 6.30. The predicted octanol–water partition coefficient (Wildman–Crippen LogP) is 1.60. The number of nitrogens with zero attached hydrogens (tertiary/aromatic N) is 1. The summed E-state index contributed by atoms with van der Waals surface area (Å²) < 4.78 is 17.5. The fraction of sp³-hybridized carbons (Fsp3) is 0.571. The lowest BCUT2D eigenvalue weighted by atomic mass is 10.2. The van der Waals surface area contributed by atoms with Crippen LogP contribution < -0.4 is 14.8 Å². The van der Waals surface area contributed by atoms with Crippen molar-refractivity contribution in [2.75, 3.05) is 40.1 Å². The van der Waals surface area contributed by atoms with Gasteiger partial charge in [-0.05, 0) is 40.7 Å². The molecule has 0 radical (unpaired) electrons. The van der Waals surface area contributed by atoms with Crippen molar-refractivity contribution in [1.82, 2.24) is 10.2 Å². The third-order valence-corrected chi connectivity index (χ3v) is 4.12. The highest BCUT2D eigenvalue weighted by molar-refractivity contribution is 9.10. The first-order valence-corrected chi connectivity index (χ1v) is 7.60. The number of hydrogen-bond acceptors (Lipinski definition) is 5. The number of nitrogens with one attached hydrogen (secondary N) is 1. The number of rotatable bonds is 4. The molecular weight excluding hydrogens is 324 g/mol. The Morgan fingerprint density at radius 1 is 1.40 bits per heavy atom. The first kappa shape index (κ1) is 14.1. The molecule has 1 N–H and O–H groups in total. The minimum atomic E-state index is 0.270. The maximum atomic E-state index is 5.73. The Morgan fingerprint density at radius 3 is 3.15 bits per heavy atom. The van der Waals surface area contributed by atoms with E-state index < -0.39 is 0 Å². The van der Waals surface area contributed by atoms with Crippen LogP contribution in [-0.4, -0.2) is 51.1 Å². The molecule has 3 rings (SSSR count). The van der Waals surface area contributed by atoms with Gasteiger partial charge in [-0.3, -0.25) is 0 Å². The highest BCUT2D eigenvalue weighted by Crippen LogP contribution is 2.39. The average Bonchev–Trinajstić information content (AvgIpc) is 2.88. The van der Waals surface area contributed by atoms with Gasteiger partial charge in [0.25, 0.3) is 0 Å². The van der Waals surface area contributed by atoms with Crippen LogP contribution in [0.3, 0.4) is 0 Å². The van der Waals surface area contributed by atoms with Crippen LogP contribution in [0.4, 0.5) is 0 Å². The quantitative estimate of drug-likeness (QED) is 0.900. The number of hydrogen-bond donors (Lipinski definition) is 1. The largest absolute Gasteiger partial charge is 0.454 e. The van der Waals surface area contributed by atoms with Gasteiger partial charge in [0.2, 0.25) is 6.79 Å². The summed E-state index contributed by atoms with van der Waals surface area (Å²) in [5, 5.41) is 3.44. The first-order valence-electron chi connectivity index (χ1n) is 6.81. The first-order chi connectivity index (χ1) is 9.72. The molecule has 0 spiro atoms. The van der Waals surface area contributed by atoms with E-state index in [0.29, 0.717) is 6.79 Å². The van der Waals surface area contributed by atoms with Crippen LogP contribution in [0.2, 0.25) is 0 Å². The molecule has 2 aliphatic rings. The Bertz CT molecular complexity index is 484. The number of ether oxygens (including phenoxy) is 3. The van der Waals surface area contributed by atoms with Crippen LogP contribution >= 0.6 is 15.9 Å². The smallest absolute Gasteiger partial charge is 0.231 e. The molecule has 1 fully saturated rings. The van der Waals surface area contributed by atoms with Crippen molar-refractivity contribution in [1.29, 1.82) is 0 Å². The molecule has 0 aromatic heterocycles.